The third-order valence-corrected chi connectivity index (χ3v) is 3.91. The molecule has 24 heavy (non-hydrogen) atoms. The lowest BCUT2D eigenvalue weighted by Gasteiger charge is -2.21. The molecule has 6 nitrogen and oxygen atoms in total. The highest BCUT2D eigenvalue weighted by Crippen LogP contribution is 2.28. The van der Waals surface area contributed by atoms with Crippen molar-refractivity contribution < 1.29 is 19.1 Å². The van der Waals surface area contributed by atoms with Gasteiger partial charge in [0.15, 0.2) is 6.61 Å². The number of amides is 2. The average Bonchev–Trinajstić information content (AvgIpc) is 2.58. The second-order valence-corrected chi connectivity index (χ2v) is 5.95. The van der Waals surface area contributed by atoms with Crippen LogP contribution in [0.15, 0.2) is 30.3 Å². The monoisotopic (exact) mass is 334 g/mol. The van der Waals surface area contributed by atoms with Crippen molar-refractivity contribution in [3.63, 3.8) is 0 Å². The first-order chi connectivity index (χ1) is 11.4. The van der Waals surface area contributed by atoms with Crippen LogP contribution in [0, 0.1) is 5.92 Å². The van der Waals surface area contributed by atoms with E-state index in [1.165, 1.54) is 4.90 Å². The summed E-state index contributed by atoms with van der Waals surface area (Å²) >= 11 is 0. The number of likely N-dealkylation sites (N-methyl/N-ethyl adjacent to an activating group) is 1. The minimum atomic E-state index is -0.491. The van der Waals surface area contributed by atoms with Gasteiger partial charge in [0.1, 0.15) is 0 Å². The number of esters is 1. The van der Waals surface area contributed by atoms with Gasteiger partial charge in [-0.3, -0.25) is 14.4 Å². The van der Waals surface area contributed by atoms with Crippen LogP contribution in [0.1, 0.15) is 31.7 Å². The maximum atomic E-state index is 12.4. The molecule has 2 amide bonds. The van der Waals surface area contributed by atoms with E-state index in [1.54, 1.807) is 14.1 Å². The molecule has 1 N–H and O–H groups in total. The van der Waals surface area contributed by atoms with Crippen LogP contribution in [0.3, 0.4) is 0 Å². The molecule has 0 aromatic heterocycles. The summed E-state index contributed by atoms with van der Waals surface area (Å²) in [5.41, 5.74) is 0.875. The zero-order chi connectivity index (χ0) is 18.1. The number of nitrogens with zero attached hydrogens (tertiary/aromatic N) is 1. The molecule has 0 aliphatic heterocycles. The molecule has 0 unspecified atom stereocenters. The van der Waals surface area contributed by atoms with Crippen LogP contribution >= 0.6 is 0 Å². The van der Waals surface area contributed by atoms with Crippen LogP contribution in [0.5, 0.6) is 0 Å². The Balaban J connectivity index is 2.60. The minimum Gasteiger partial charge on any atom is -0.455 e. The Morgan fingerprint density at radius 3 is 2.33 bits per heavy atom. The number of carbonyl (C=O) groups excluding carboxylic acids is 3. The zero-order valence-electron chi connectivity index (χ0n) is 14.7. The number of hydrogen-bond donors (Lipinski definition) is 1. The molecule has 0 aliphatic rings. The lowest BCUT2D eigenvalue weighted by Crippen LogP contribution is -2.38. The first-order valence-electron chi connectivity index (χ1n) is 8.05. The van der Waals surface area contributed by atoms with Crippen molar-refractivity contribution in [2.75, 3.05) is 27.2 Å². The SMILES string of the molecule is CC[C@@H](C)[C@H](C(=O)OCC(=O)NCC(=O)N(C)C)c1ccccc1. The summed E-state index contributed by atoms with van der Waals surface area (Å²) in [7, 11) is 3.20. The average molecular weight is 334 g/mol. The highest BCUT2D eigenvalue weighted by Gasteiger charge is 2.27. The summed E-state index contributed by atoms with van der Waals surface area (Å²) in [6.45, 7) is 3.48. The van der Waals surface area contributed by atoms with Crippen molar-refractivity contribution >= 4 is 17.8 Å². The zero-order valence-corrected chi connectivity index (χ0v) is 14.7. The van der Waals surface area contributed by atoms with Gasteiger partial charge in [-0.2, -0.15) is 0 Å². The van der Waals surface area contributed by atoms with Crippen molar-refractivity contribution in [2.45, 2.75) is 26.2 Å². The van der Waals surface area contributed by atoms with E-state index in [1.807, 2.05) is 44.2 Å². The van der Waals surface area contributed by atoms with Gasteiger partial charge in [-0.25, -0.2) is 0 Å². The van der Waals surface area contributed by atoms with Gasteiger partial charge in [-0.1, -0.05) is 50.6 Å². The number of benzene rings is 1. The molecule has 1 aromatic rings. The van der Waals surface area contributed by atoms with Gasteiger partial charge < -0.3 is 15.0 Å². The Morgan fingerprint density at radius 2 is 1.79 bits per heavy atom. The Bertz CT molecular complexity index is 557. The molecule has 0 aliphatic carbocycles. The van der Waals surface area contributed by atoms with Crippen molar-refractivity contribution in [3.05, 3.63) is 35.9 Å². The van der Waals surface area contributed by atoms with Gasteiger partial charge in [0.25, 0.3) is 5.91 Å². The molecule has 0 bridgehead atoms. The number of ether oxygens (including phenoxy) is 1. The van der Waals surface area contributed by atoms with Crippen LogP contribution in [-0.4, -0.2) is 49.9 Å². The molecule has 0 heterocycles. The molecule has 6 heteroatoms. The van der Waals surface area contributed by atoms with E-state index < -0.39 is 17.8 Å². The van der Waals surface area contributed by atoms with Crippen LogP contribution in [-0.2, 0) is 19.1 Å². The highest BCUT2D eigenvalue weighted by atomic mass is 16.5. The molecular weight excluding hydrogens is 308 g/mol. The molecule has 0 saturated carbocycles. The van der Waals surface area contributed by atoms with Gasteiger partial charge in [-0.05, 0) is 11.5 Å². The largest absolute Gasteiger partial charge is 0.455 e. The maximum Gasteiger partial charge on any atom is 0.314 e. The Labute approximate surface area is 143 Å². The highest BCUT2D eigenvalue weighted by molar-refractivity contribution is 5.87. The van der Waals surface area contributed by atoms with Crippen molar-refractivity contribution in [3.8, 4) is 0 Å². The Morgan fingerprint density at radius 1 is 1.17 bits per heavy atom. The lowest BCUT2D eigenvalue weighted by molar-refractivity contribution is -0.151. The number of carbonyl (C=O) groups is 3. The van der Waals surface area contributed by atoms with E-state index in [9.17, 15) is 14.4 Å². The maximum absolute atomic E-state index is 12.4. The standard InChI is InChI=1S/C18H26N2O4/c1-5-13(2)17(14-9-7-6-8-10-14)18(23)24-12-15(21)19-11-16(22)20(3)4/h6-10,13,17H,5,11-12H2,1-4H3,(H,19,21)/t13-,17+/m1/s1. The second kappa shape index (κ2) is 9.70. The number of rotatable bonds is 8. The normalized spacial score (nSPS) is 12.8. The summed E-state index contributed by atoms with van der Waals surface area (Å²) in [5.74, 6) is -1.46. The molecule has 2 atom stereocenters. The summed E-state index contributed by atoms with van der Waals surface area (Å²) < 4.78 is 5.16. The van der Waals surface area contributed by atoms with Crippen LogP contribution in [0.2, 0.25) is 0 Å². The predicted octanol–water partition coefficient (Wildman–Crippen LogP) is 1.56. The predicted molar refractivity (Wildman–Crippen MR) is 91.3 cm³/mol. The number of hydrogen-bond acceptors (Lipinski definition) is 4. The van der Waals surface area contributed by atoms with Crippen molar-refractivity contribution in [2.24, 2.45) is 5.92 Å². The van der Waals surface area contributed by atoms with Gasteiger partial charge in [-0.15, -0.1) is 0 Å². The number of nitrogens with one attached hydrogen (secondary N) is 1. The lowest BCUT2D eigenvalue weighted by atomic mass is 9.86. The smallest absolute Gasteiger partial charge is 0.314 e. The van der Waals surface area contributed by atoms with Crippen LogP contribution < -0.4 is 5.32 Å². The molecular formula is C18H26N2O4. The minimum absolute atomic E-state index is 0.0956. The molecule has 132 valence electrons. The van der Waals surface area contributed by atoms with Gasteiger partial charge >= 0.3 is 5.97 Å². The summed E-state index contributed by atoms with van der Waals surface area (Å²) in [4.78, 5) is 36.9. The molecule has 0 spiro atoms. The quantitative estimate of drug-likeness (QED) is 0.732. The van der Waals surface area contributed by atoms with Gasteiger partial charge in [0.2, 0.25) is 5.91 Å². The second-order valence-electron chi connectivity index (χ2n) is 5.95. The Kier molecular flexibility index (Phi) is 7.95. The first kappa shape index (κ1) is 19.7. The molecule has 0 radical (unpaired) electrons. The van der Waals surface area contributed by atoms with E-state index in [-0.39, 0.29) is 25.0 Å². The summed E-state index contributed by atoms with van der Waals surface area (Å²) in [6.07, 6.45) is 0.818. The van der Waals surface area contributed by atoms with Crippen molar-refractivity contribution in [1.82, 2.24) is 10.2 Å². The molecule has 1 rings (SSSR count). The van der Waals surface area contributed by atoms with E-state index >= 15 is 0 Å². The first-order valence-corrected chi connectivity index (χ1v) is 8.05. The molecule has 0 fully saturated rings. The van der Waals surface area contributed by atoms with Crippen LogP contribution in [0.25, 0.3) is 0 Å². The Hall–Kier alpha value is -2.37. The van der Waals surface area contributed by atoms with E-state index in [4.69, 9.17) is 4.74 Å². The summed E-state index contributed by atoms with van der Waals surface area (Å²) in [5, 5.41) is 2.43. The van der Waals surface area contributed by atoms with Crippen molar-refractivity contribution in [1.29, 1.82) is 0 Å². The van der Waals surface area contributed by atoms with E-state index in [0.29, 0.717) is 0 Å². The molecule has 0 saturated heterocycles. The van der Waals surface area contributed by atoms with Crippen LogP contribution in [0.4, 0.5) is 0 Å². The third-order valence-electron chi connectivity index (χ3n) is 3.91. The topological polar surface area (TPSA) is 75.7 Å². The fourth-order valence-corrected chi connectivity index (χ4v) is 2.20. The fraction of sp³-hybridized carbons (Fsp3) is 0.500. The third kappa shape index (κ3) is 6.02. The van der Waals surface area contributed by atoms with E-state index in [0.717, 1.165) is 12.0 Å². The fourth-order valence-electron chi connectivity index (χ4n) is 2.20. The van der Waals surface area contributed by atoms with E-state index in [2.05, 4.69) is 5.32 Å². The van der Waals surface area contributed by atoms with Gasteiger partial charge in [0, 0.05) is 14.1 Å². The molecule has 1 aromatic carbocycles. The summed E-state index contributed by atoms with van der Waals surface area (Å²) in [6, 6.07) is 9.40. The van der Waals surface area contributed by atoms with Gasteiger partial charge in [0.05, 0.1) is 12.5 Å².